The van der Waals surface area contributed by atoms with Gasteiger partial charge in [-0.25, -0.2) is 0 Å². The highest BCUT2D eigenvalue weighted by Crippen LogP contribution is 2.41. The quantitative estimate of drug-likeness (QED) is 0.763. The van der Waals surface area contributed by atoms with Gasteiger partial charge in [-0.2, -0.15) is 0 Å². The Labute approximate surface area is 110 Å². The molecule has 0 aromatic heterocycles. The summed E-state index contributed by atoms with van der Waals surface area (Å²) in [4.78, 5) is 14.6. The number of hydrogen-bond donors (Lipinski definition) is 1. The maximum Gasteiger partial charge on any atom is 0.225 e. The van der Waals surface area contributed by atoms with Crippen LogP contribution in [0.15, 0.2) is 0 Å². The van der Waals surface area contributed by atoms with E-state index in [1.807, 2.05) is 0 Å². The van der Waals surface area contributed by atoms with Crippen LogP contribution in [0, 0.1) is 17.8 Å². The minimum atomic E-state index is 0.243. The summed E-state index contributed by atoms with van der Waals surface area (Å²) in [6, 6.07) is 0.243. The molecule has 0 bridgehead atoms. The summed E-state index contributed by atoms with van der Waals surface area (Å²) in [7, 11) is 0. The fourth-order valence-corrected chi connectivity index (χ4v) is 3.84. The van der Waals surface area contributed by atoms with Crippen molar-refractivity contribution in [3.05, 3.63) is 0 Å². The summed E-state index contributed by atoms with van der Waals surface area (Å²) in [5.41, 5.74) is 6.21. The molecule has 2 atom stereocenters. The monoisotopic (exact) mass is 250 g/mol. The predicted molar refractivity (Wildman–Crippen MR) is 72.0 cm³/mol. The van der Waals surface area contributed by atoms with E-state index in [1.165, 1.54) is 38.5 Å². The minimum Gasteiger partial charge on any atom is -0.341 e. The molecule has 0 aromatic carbocycles. The number of nitrogens with two attached hydrogens (primary N) is 1. The Hall–Kier alpha value is -0.570. The summed E-state index contributed by atoms with van der Waals surface area (Å²) in [5.74, 6) is 2.14. The second kappa shape index (κ2) is 5.20. The van der Waals surface area contributed by atoms with Crippen LogP contribution in [0.4, 0.5) is 0 Å². The van der Waals surface area contributed by atoms with Gasteiger partial charge < -0.3 is 10.6 Å². The lowest BCUT2D eigenvalue weighted by Gasteiger charge is -2.22. The van der Waals surface area contributed by atoms with Gasteiger partial charge in [0.15, 0.2) is 0 Å². The van der Waals surface area contributed by atoms with Gasteiger partial charge in [0, 0.05) is 25.0 Å². The standard InChI is InChI=1S/C15H26N2O/c16-14-10-17(9-13(14)11-7-8-11)15(18)12-5-3-1-2-4-6-12/h11-14H,1-10,16H2/t13-,14+/m1/s1. The van der Waals surface area contributed by atoms with E-state index in [9.17, 15) is 4.79 Å². The van der Waals surface area contributed by atoms with Gasteiger partial charge in [0.2, 0.25) is 5.91 Å². The summed E-state index contributed by atoms with van der Waals surface area (Å²) in [6.45, 7) is 1.76. The number of nitrogens with zero attached hydrogens (tertiary/aromatic N) is 1. The summed E-state index contributed by atoms with van der Waals surface area (Å²) >= 11 is 0. The first kappa shape index (κ1) is 12.5. The lowest BCUT2D eigenvalue weighted by atomic mass is 9.98. The number of carbonyl (C=O) groups excluding carboxylic acids is 1. The van der Waals surface area contributed by atoms with Gasteiger partial charge in [0.05, 0.1) is 0 Å². The first-order valence-corrected chi connectivity index (χ1v) is 7.80. The SMILES string of the molecule is N[C@H]1CN(C(=O)C2CCCCCC2)C[C@@H]1C1CC1. The molecule has 2 N–H and O–H groups in total. The summed E-state index contributed by atoms with van der Waals surface area (Å²) < 4.78 is 0. The van der Waals surface area contributed by atoms with Gasteiger partial charge in [-0.05, 0) is 37.5 Å². The molecule has 1 saturated heterocycles. The highest BCUT2D eigenvalue weighted by Gasteiger charge is 2.43. The van der Waals surface area contributed by atoms with Crippen LogP contribution in [-0.4, -0.2) is 29.9 Å². The van der Waals surface area contributed by atoms with Crippen molar-refractivity contribution >= 4 is 5.91 Å². The lowest BCUT2D eigenvalue weighted by molar-refractivity contribution is -0.135. The third-order valence-corrected chi connectivity index (χ3v) is 5.16. The number of carbonyl (C=O) groups is 1. The molecular formula is C15H26N2O. The van der Waals surface area contributed by atoms with Crippen LogP contribution in [0.5, 0.6) is 0 Å². The zero-order chi connectivity index (χ0) is 12.5. The smallest absolute Gasteiger partial charge is 0.225 e. The van der Waals surface area contributed by atoms with Crippen molar-refractivity contribution in [3.63, 3.8) is 0 Å². The average Bonchev–Trinajstić information content (AvgIpc) is 3.16. The third kappa shape index (κ3) is 2.56. The van der Waals surface area contributed by atoms with E-state index < -0.39 is 0 Å². The van der Waals surface area contributed by atoms with Crippen LogP contribution in [0.25, 0.3) is 0 Å². The molecule has 1 aliphatic heterocycles. The molecule has 0 unspecified atom stereocenters. The molecule has 102 valence electrons. The van der Waals surface area contributed by atoms with Crippen LogP contribution in [-0.2, 0) is 4.79 Å². The molecule has 3 aliphatic rings. The van der Waals surface area contributed by atoms with E-state index in [2.05, 4.69) is 4.90 Å². The van der Waals surface area contributed by atoms with E-state index in [1.54, 1.807) is 0 Å². The molecular weight excluding hydrogens is 224 g/mol. The van der Waals surface area contributed by atoms with Gasteiger partial charge in [-0.1, -0.05) is 25.7 Å². The fourth-order valence-electron chi connectivity index (χ4n) is 3.84. The van der Waals surface area contributed by atoms with Crippen LogP contribution in [0.2, 0.25) is 0 Å². The lowest BCUT2D eigenvalue weighted by Crippen LogP contribution is -2.36. The van der Waals surface area contributed by atoms with Crippen molar-refractivity contribution in [1.29, 1.82) is 0 Å². The Kier molecular flexibility index (Phi) is 3.60. The van der Waals surface area contributed by atoms with Crippen LogP contribution >= 0.6 is 0 Å². The molecule has 0 aromatic rings. The molecule has 0 spiro atoms. The van der Waals surface area contributed by atoms with E-state index >= 15 is 0 Å². The average molecular weight is 250 g/mol. The number of rotatable bonds is 2. The van der Waals surface area contributed by atoms with E-state index in [-0.39, 0.29) is 6.04 Å². The zero-order valence-electron chi connectivity index (χ0n) is 11.3. The third-order valence-electron chi connectivity index (χ3n) is 5.16. The van der Waals surface area contributed by atoms with Crippen LogP contribution in [0.3, 0.4) is 0 Å². The minimum absolute atomic E-state index is 0.243. The van der Waals surface area contributed by atoms with Gasteiger partial charge in [-0.3, -0.25) is 4.79 Å². The van der Waals surface area contributed by atoms with Crippen LogP contribution in [0.1, 0.15) is 51.4 Å². The Morgan fingerprint density at radius 2 is 1.61 bits per heavy atom. The first-order chi connectivity index (χ1) is 8.75. The molecule has 0 radical (unpaired) electrons. The van der Waals surface area contributed by atoms with Crippen molar-refractivity contribution in [3.8, 4) is 0 Å². The molecule has 2 aliphatic carbocycles. The molecule has 3 heteroatoms. The maximum absolute atomic E-state index is 12.6. The highest BCUT2D eigenvalue weighted by atomic mass is 16.2. The van der Waals surface area contributed by atoms with Gasteiger partial charge in [0.1, 0.15) is 0 Å². The maximum atomic E-state index is 12.6. The van der Waals surface area contributed by atoms with Crippen molar-refractivity contribution in [2.45, 2.75) is 57.4 Å². The van der Waals surface area contributed by atoms with Crippen molar-refractivity contribution in [2.24, 2.45) is 23.5 Å². The Bertz CT molecular complexity index is 306. The molecule has 18 heavy (non-hydrogen) atoms. The Morgan fingerprint density at radius 3 is 2.22 bits per heavy atom. The van der Waals surface area contributed by atoms with E-state index in [4.69, 9.17) is 5.73 Å². The largest absolute Gasteiger partial charge is 0.341 e. The predicted octanol–water partition coefficient (Wildman–Crippen LogP) is 2.15. The summed E-state index contributed by atoms with van der Waals surface area (Å²) in [5, 5.41) is 0. The van der Waals surface area contributed by atoms with E-state index in [0.717, 1.165) is 31.8 Å². The second-order valence-electron chi connectivity index (χ2n) is 6.60. The molecule has 3 fully saturated rings. The molecule has 2 saturated carbocycles. The fraction of sp³-hybridized carbons (Fsp3) is 0.933. The zero-order valence-corrected chi connectivity index (χ0v) is 11.3. The highest BCUT2D eigenvalue weighted by molar-refractivity contribution is 5.79. The van der Waals surface area contributed by atoms with Gasteiger partial charge in [0.25, 0.3) is 0 Å². The topological polar surface area (TPSA) is 46.3 Å². The van der Waals surface area contributed by atoms with Crippen molar-refractivity contribution < 1.29 is 4.79 Å². The Balaban J connectivity index is 1.58. The molecule has 1 amide bonds. The second-order valence-corrected chi connectivity index (χ2v) is 6.60. The molecule has 3 nitrogen and oxygen atoms in total. The molecule has 1 heterocycles. The van der Waals surface area contributed by atoms with Gasteiger partial charge >= 0.3 is 0 Å². The molecule has 3 rings (SSSR count). The summed E-state index contributed by atoms with van der Waals surface area (Å²) in [6.07, 6.45) is 10.00. The van der Waals surface area contributed by atoms with Gasteiger partial charge in [-0.15, -0.1) is 0 Å². The van der Waals surface area contributed by atoms with Crippen molar-refractivity contribution in [1.82, 2.24) is 4.90 Å². The normalized spacial score (nSPS) is 34.6. The number of hydrogen-bond acceptors (Lipinski definition) is 2. The van der Waals surface area contributed by atoms with Crippen molar-refractivity contribution in [2.75, 3.05) is 13.1 Å². The van der Waals surface area contributed by atoms with Crippen LogP contribution < -0.4 is 5.73 Å². The Morgan fingerprint density at radius 1 is 0.944 bits per heavy atom. The first-order valence-electron chi connectivity index (χ1n) is 7.80. The number of amides is 1. The number of likely N-dealkylation sites (tertiary alicyclic amines) is 1. The van der Waals surface area contributed by atoms with E-state index in [0.29, 0.717) is 17.7 Å².